The first-order valence-electron chi connectivity index (χ1n) is 8.13. The van der Waals surface area contributed by atoms with E-state index < -0.39 is 12.1 Å². The van der Waals surface area contributed by atoms with Crippen LogP contribution in [0.4, 0.5) is 5.69 Å². The molecule has 0 saturated carbocycles. The number of aromatic carboxylic acids is 1. The summed E-state index contributed by atoms with van der Waals surface area (Å²) in [6.07, 6.45) is -0.458. The minimum Gasteiger partial charge on any atom is -0.489 e. The van der Waals surface area contributed by atoms with Crippen molar-refractivity contribution in [1.82, 2.24) is 0 Å². The van der Waals surface area contributed by atoms with E-state index in [0.29, 0.717) is 28.6 Å². The molecule has 0 aliphatic carbocycles. The van der Waals surface area contributed by atoms with Crippen LogP contribution in [-0.4, -0.2) is 29.2 Å². The standard InChI is InChI=1S/C19H18ClNO5/c1-10(2)25-16-5-3-11(19(23)24)8-14(16)21-18(22)17-9-12-7-13(20)4-6-15(12)26-17/h3-8,10,17H,9H2,1-2H3,(H,21,22)(H,23,24). The van der Waals surface area contributed by atoms with E-state index in [0.717, 1.165) is 5.56 Å². The van der Waals surface area contributed by atoms with Gasteiger partial charge in [-0.3, -0.25) is 4.79 Å². The first kappa shape index (κ1) is 18.1. The number of carbonyl (C=O) groups is 2. The van der Waals surface area contributed by atoms with Crippen molar-refractivity contribution < 1.29 is 24.2 Å². The number of anilines is 1. The largest absolute Gasteiger partial charge is 0.489 e. The molecular weight excluding hydrogens is 358 g/mol. The van der Waals surface area contributed by atoms with Gasteiger partial charge in [-0.15, -0.1) is 0 Å². The molecule has 26 heavy (non-hydrogen) atoms. The van der Waals surface area contributed by atoms with Crippen LogP contribution in [0.3, 0.4) is 0 Å². The summed E-state index contributed by atoms with van der Waals surface area (Å²) in [5.74, 6) is -0.450. The molecule has 1 atom stereocenters. The first-order chi connectivity index (χ1) is 12.3. The smallest absolute Gasteiger partial charge is 0.335 e. The number of amides is 1. The molecule has 7 heteroatoms. The Morgan fingerprint density at radius 2 is 2.04 bits per heavy atom. The number of hydrogen-bond acceptors (Lipinski definition) is 4. The molecule has 0 fully saturated rings. The summed E-state index contributed by atoms with van der Waals surface area (Å²) < 4.78 is 11.3. The van der Waals surface area contributed by atoms with E-state index in [1.165, 1.54) is 18.2 Å². The van der Waals surface area contributed by atoms with E-state index in [1.807, 2.05) is 13.8 Å². The summed E-state index contributed by atoms with van der Waals surface area (Å²) >= 11 is 5.97. The van der Waals surface area contributed by atoms with Crippen LogP contribution < -0.4 is 14.8 Å². The molecule has 2 aromatic carbocycles. The molecule has 2 N–H and O–H groups in total. The Balaban J connectivity index is 1.80. The molecule has 0 aromatic heterocycles. The van der Waals surface area contributed by atoms with Crippen molar-refractivity contribution in [2.45, 2.75) is 32.5 Å². The molecule has 3 rings (SSSR count). The number of benzene rings is 2. The van der Waals surface area contributed by atoms with Gasteiger partial charge in [-0.2, -0.15) is 0 Å². The normalized spacial score (nSPS) is 15.3. The molecule has 1 heterocycles. The van der Waals surface area contributed by atoms with Gasteiger partial charge in [0, 0.05) is 11.4 Å². The van der Waals surface area contributed by atoms with Crippen molar-refractivity contribution in [2.24, 2.45) is 0 Å². The Kier molecular flexibility index (Phi) is 5.04. The zero-order valence-electron chi connectivity index (χ0n) is 14.3. The molecule has 0 spiro atoms. The molecule has 1 aliphatic rings. The maximum absolute atomic E-state index is 12.6. The average Bonchev–Trinajstić information content (AvgIpc) is 2.99. The van der Waals surface area contributed by atoms with Gasteiger partial charge in [-0.05, 0) is 55.8 Å². The molecule has 6 nitrogen and oxygen atoms in total. The SMILES string of the molecule is CC(C)Oc1ccc(C(=O)O)cc1NC(=O)C1Cc2cc(Cl)ccc2O1. The van der Waals surface area contributed by atoms with E-state index in [4.69, 9.17) is 21.1 Å². The number of carboxylic acids is 1. The van der Waals surface area contributed by atoms with Crippen LogP contribution in [0.2, 0.25) is 5.02 Å². The van der Waals surface area contributed by atoms with Gasteiger partial charge >= 0.3 is 5.97 Å². The second kappa shape index (κ2) is 7.25. The summed E-state index contributed by atoms with van der Waals surface area (Å²) in [5, 5.41) is 12.5. The molecule has 136 valence electrons. The average molecular weight is 376 g/mol. The number of ether oxygens (including phenoxy) is 2. The van der Waals surface area contributed by atoms with Gasteiger partial charge in [0.1, 0.15) is 11.5 Å². The highest BCUT2D eigenvalue weighted by Crippen LogP contribution is 2.33. The lowest BCUT2D eigenvalue weighted by Gasteiger charge is -2.17. The maximum Gasteiger partial charge on any atom is 0.335 e. The lowest BCUT2D eigenvalue weighted by molar-refractivity contribution is -0.122. The lowest BCUT2D eigenvalue weighted by Crippen LogP contribution is -2.31. The van der Waals surface area contributed by atoms with E-state index in [-0.39, 0.29) is 17.6 Å². The van der Waals surface area contributed by atoms with Crippen molar-refractivity contribution in [2.75, 3.05) is 5.32 Å². The fraction of sp³-hybridized carbons (Fsp3) is 0.263. The molecule has 0 bridgehead atoms. The molecule has 1 amide bonds. The maximum atomic E-state index is 12.6. The van der Waals surface area contributed by atoms with E-state index >= 15 is 0 Å². The molecule has 1 unspecified atom stereocenters. The molecule has 2 aromatic rings. The number of halogens is 1. The van der Waals surface area contributed by atoms with Crippen molar-refractivity contribution >= 4 is 29.2 Å². The van der Waals surface area contributed by atoms with Gasteiger partial charge < -0.3 is 19.9 Å². The van der Waals surface area contributed by atoms with E-state index in [9.17, 15) is 14.7 Å². The van der Waals surface area contributed by atoms with Gasteiger partial charge in [0.05, 0.1) is 17.4 Å². The molecular formula is C19H18ClNO5. The minimum atomic E-state index is -1.09. The van der Waals surface area contributed by atoms with Crippen LogP contribution in [0.5, 0.6) is 11.5 Å². The zero-order chi connectivity index (χ0) is 18.8. The third-order valence-corrected chi connectivity index (χ3v) is 4.07. The van der Waals surface area contributed by atoms with Crippen LogP contribution in [-0.2, 0) is 11.2 Å². The minimum absolute atomic E-state index is 0.0545. The molecule has 0 saturated heterocycles. The second-order valence-electron chi connectivity index (χ2n) is 6.23. The summed E-state index contributed by atoms with van der Waals surface area (Å²) in [6.45, 7) is 3.69. The van der Waals surface area contributed by atoms with Crippen molar-refractivity contribution in [3.8, 4) is 11.5 Å². The van der Waals surface area contributed by atoms with Gasteiger partial charge in [-0.1, -0.05) is 11.6 Å². The summed E-state index contributed by atoms with van der Waals surface area (Å²) in [7, 11) is 0. The Morgan fingerprint density at radius 1 is 1.27 bits per heavy atom. The number of hydrogen-bond donors (Lipinski definition) is 2. The van der Waals surface area contributed by atoms with Crippen LogP contribution >= 0.6 is 11.6 Å². The highest BCUT2D eigenvalue weighted by atomic mass is 35.5. The number of carboxylic acid groups (broad SMARTS) is 1. The van der Waals surface area contributed by atoms with Crippen molar-refractivity contribution in [1.29, 1.82) is 0 Å². The Hall–Kier alpha value is -2.73. The monoisotopic (exact) mass is 375 g/mol. The predicted molar refractivity (Wildman–Crippen MR) is 97.4 cm³/mol. The van der Waals surface area contributed by atoms with Crippen LogP contribution in [0, 0.1) is 0 Å². The third-order valence-electron chi connectivity index (χ3n) is 3.84. The molecule has 1 aliphatic heterocycles. The van der Waals surface area contributed by atoms with E-state index in [1.54, 1.807) is 18.2 Å². The Labute approximate surface area is 155 Å². The third kappa shape index (κ3) is 3.91. The number of nitrogens with one attached hydrogen (secondary N) is 1. The van der Waals surface area contributed by atoms with Crippen LogP contribution in [0.25, 0.3) is 0 Å². The Morgan fingerprint density at radius 3 is 2.73 bits per heavy atom. The second-order valence-corrected chi connectivity index (χ2v) is 6.67. The number of carbonyl (C=O) groups excluding carboxylic acids is 1. The summed E-state index contributed by atoms with van der Waals surface area (Å²) in [5.41, 5.74) is 1.20. The number of rotatable bonds is 5. The highest BCUT2D eigenvalue weighted by Gasteiger charge is 2.30. The Bertz CT molecular complexity index is 865. The lowest BCUT2D eigenvalue weighted by atomic mass is 10.1. The topological polar surface area (TPSA) is 84.9 Å². The quantitative estimate of drug-likeness (QED) is 0.831. The van der Waals surface area contributed by atoms with Gasteiger partial charge in [0.15, 0.2) is 6.10 Å². The van der Waals surface area contributed by atoms with Gasteiger partial charge in [0.2, 0.25) is 0 Å². The van der Waals surface area contributed by atoms with Crippen LogP contribution in [0.1, 0.15) is 29.8 Å². The zero-order valence-corrected chi connectivity index (χ0v) is 15.0. The van der Waals surface area contributed by atoms with Gasteiger partial charge in [-0.25, -0.2) is 4.79 Å². The van der Waals surface area contributed by atoms with Crippen molar-refractivity contribution in [3.63, 3.8) is 0 Å². The number of fused-ring (bicyclic) bond motifs is 1. The molecule has 0 radical (unpaired) electrons. The predicted octanol–water partition coefficient (Wildman–Crippen LogP) is 3.77. The summed E-state index contributed by atoms with van der Waals surface area (Å²) in [4.78, 5) is 23.8. The van der Waals surface area contributed by atoms with Crippen molar-refractivity contribution in [3.05, 3.63) is 52.5 Å². The van der Waals surface area contributed by atoms with Crippen LogP contribution in [0.15, 0.2) is 36.4 Å². The highest BCUT2D eigenvalue weighted by molar-refractivity contribution is 6.30. The first-order valence-corrected chi connectivity index (χ1v) is 8.51. The fourth-order valence-corrected chi connectivity index (χ4v) is 2.89. The van der Waals surface area contributed by atoms with E-state index in [2.05, 4.69) is 5.32 Å². The fourth-order valence-electron chi connectivity index (χ4n) is 2.69. The summed E-state index contributed by atoms with van der Waals surface area (Å²) in [6, 6.07) is 9.52. The van der Waals surface area contributed by atoms with Gasteiger partial charge in [0.25, 0.3) is 5.91 Å².